The first-order chi connectivity index (χ1) is 12.6. The molecule has 1 aromatic carbocycles. The first-order valence-electron chi connectivity index (χ1n) is 8.64. The van der Waals surface area contributed by atoms with Crippen molar-refractivity contribution in [2.75, 3.05) is 55.4 Å². The summed E-state index contributed by atoms with van der Waals surface area (Å²) in [5.74, 6) is -2.69. The van der Waals surface area contributed by atoms with Crippen LogP contribution < -0.4 is 0 Å². The predicted molar refractivity (Wildman–Crippen MR) is 103 cm³/mol. The minimum Gasteiger partial charge on any atom is -0.507 e. The van der Waals surface area contributed by atoms with Gasteiger partial charge in [-0.1, -0.05) is 12.1 Å². The van der Waals surface area contributed by atoms with Crippen molar-refractivity contribution in [3.05, 3.63) is 29.8 Å². The van der Waals surface area contributed by atoms with E-state index in [2.05, 4.69) is 0 Å². The summed E-state index contributed by atoms with van der Waals surface area (Å²) >= 11 is 0. The van der Waals surface area contributed by atoms with E-state index >= 15 is 0 Å². The molecule has 158 valence electrons. The summed E-state index contributed by atoms with van der Waals surface area (Å²) < 4.78 is 6.15. The Morgan fingerprint density at radius 2 is 1.46 bits per heavy atom. The fourth-order valence-corrected chi connectivity index (χ4v) is 2.22. The van der Waals surface area contributed by atoms with Crippen LogP contribution in [0.4, 0.5) is 0 Å². The summed E-state index contributed by atoms with van der Waals surface area (Å²) in [4.78, 5) is 32.8. The summed E-state index contributed by atoms with van der Waals surface area (Å²) in [5, 5.41) is 26.7. The Labute approximate surface area is 165 Å². The molecule has 0 aliphatic heterocycles. The highest BCUT2D eigenvalue weighted by molar-refractivity contribution is 5.92. The van der Waals surface area contributed by atoms with E-state index in [0.717, 1.165) is 0 Å². The monoisotopic (exact) mass is 400 g/mol. The van der Waals surface area contributed by atoms with Crippen molar-refractivity contribution < 1.29 is 43.4 Å². The van der Waals surface area contributed by atoms with E-state index in [0.29, 0.717) is 15.5 Å². The topological polar surface area (TPSA) is 121 Å². The Morgan fingerprint density at radius 1 is 0.929 bits per heavy atom. The number of nitrogens with zero attached hydrogens (tertiary/aromatic N) is 2. The first kappa shape index (κ1) is 25.4. The van der Waals surface area contributed by atoms with Gasteiger partial charge in [-0.15, -0.1) is 0 Å². The Morgan fingerprint density at radius 3 is 1.82 bits per heavy atom. The zero-order valence-electron chi connectivity index (χ0n) is 17.4. The van der Waals surface area contributed by atoms with E-state index in [1.54, 1.807) is 12.1 Å². The van der Waals surface area contributed by atoms with Gasteiger partial charge < -0.3 is 29.0 Å². The van der Waals surface area contributed by atoms with Crippen LogP contribution >= 0.6 is 0 Å². The number of para-hydroxylation sites is 1. The first-order valence-corrected chi connectivity index (χ1v) is 8.64. The Kier molecular flexibility index (Phi) is 9.62. The van der Waals surface area contributed by atoms with Gasteiger partial charge in [0.05, 0.1) is 48.7 Å². The summed E-state index contributed by atoms with van der Waals surface area (Å²) in [6.07, 6.45) is -1.02. The molecule has 1 atom stereocenters. The molecule has 0 saturated heterocycles. The molecule has 0 unspecified atom stereocenters. The third kappa shape index (κ3) is 12.7. The van der Waals surface area contributed by atoms with Gasteiger partial charge in [0, 0.05) is 0 Å². The maximum atomic E-state index is 12.0. The van der Waals surface area contributed by atoms with Crippen molar-refractivity contribution in [1.29, 1.82) is 0 Å². The van der Waals surface area contributed by atoms with Gasteiger partial charge in [-0.3, -0.25) is 4.79 Å². The predicted octanol–water partition coefficient (Wildman–Crippen LogP) is 0.876. The van der Waals surface area contributed by atoms with Gasteiger partial charge in [0.25, 0.3) is 0 Å². The van der Waals surface area contributed by atoms with Crippen molar-refractivity contribution in [2.45, 2.75) is 12.5 Å². The van der Waals surface area contributed by atoms with Gasteiger partial charge in [-0.05, 0) is 12.1 Å². The van der Waals surface area contributed by atoms with Crippen LogP contribution in [0.3, 0.4) is 0 Å². The van der Waals surface area contributed by atoms with Crippen molar-refractivity contribution in [3.63, 3.8) is 0 Å². The molecular formula is C19H32N2O7+2. The van der Waals surface area contributed by atoms with Gasteiger partial charge in [-0.25, -0.2) is 9.59 Å². The molecule has 1 rings (SSSR count). The lowest BCUT2D eigenvalue weighted by atomic mass is 10.2. The SMILES string of the molecule is C[N+](C)(C)CC(=O)O.C[N+](C)(C)C[C@@H](CC(=O)O)OC(=O)c1ccccc1O. The summed E-state index contributed by atoms with van der Waals surface area (Å²) in [6.45, 7) is 0.547. The van der Waals surface area contributed by atoms with E-state index in [1.165, 1.54) is 12.1 Å². The molecule has 3 N–H and O–H groups in total. The molecule has 0 aliphatic carbocycles. The second-order valence-electron chi connectivity index (χ2n) is 8.46. The fourth-order valence-electron chi connectivity index (χ4n) is 2.22. The second-order valence-corrected chi connectivity index (χ2v) is 8.46. The molecule has 0 fully saturated rings. The van der Waals surface area contributed by atoms with Gasteiger partial charge >= 0.3 is 17.9 Å². The molecule has 0 amide bonds. The number of phenols is 1. The number of hydrogen-bond acceptors (Lipinski definition) is 5. The molecule has 28 heavy (non-hydrogen) atoms. The quantitative estimate of drug-likeness (QED) is 0.437. The third-order valence-corrected chi connectivity index (χ3v) is 3.16. The number of carboxylic acid groups (broad SMARTS) is 2. The van der Waals surface area contributed by atoms with E-state index < -0.39 is 24.0 Å². The molecule has 0 heterocycles. The average Bonchev–Trinajstić information content (AvgIpc) is 2.42. The number of aromatic hydroxyl groups is 1. The van der Waals surface area contributed by atoms with Gasteiger partial charge in [-0.2, -0.15) is 0 Å². The summed E-state index contributed by atoms with van der Waals surface area (Å²) in [7, 11) is 11.2. The molecule has 0 aliphatic rings. The van der Waals surface area contributed by atoms with Crippen molar-refractivity contribution in [2.24, 2.45) is 0 Å². The van der Waals surface area contributed by atoms with Crippen LogP contribution in [0.2, 0.25) is 0 Å². The molecule has 0 spiro atoms. The number of benzene rings is 1. The van der Waals surface area contributed by atoms with Gasteiger partial charge in [0.1, 0.15) is 17.9 Å². The minimum absolute atomic E-state index is 0.0318. The van der Waals surface area contributed by atoms with E-state index in [1.807, 2.05) is 42.3 Å². The van der Waals surface area contributed by atoms with Gasteiger partial charge in [0.15, 0.2) is 12.6 Å². The standard InChI is InChI=1S/C14H19NO5.C5H11NO2/c1-15(2,3)9-10(8-13(17)18)20-14(19)11-6-4-5-7-12(11)16;1-6(2,3)4-5(7)8/h4-7,10H,8-9H2,1-3H3,(H-,16,17,18,19);4H2,1-3H3/p+2/t10-;/m1./s1. The summed E-state index contributed by atoms with van der Waals surface area (Å²) in [6, 6.07) is 6.00. The van der Waals surface area contributed by atoms with Crippen LogP contribution in [-0.2, 0) is 14.3 Å². The number of likely N-dealkylation sites (N-methyl/N-ethyl adjacent to an activating group) is 2. The normalized spacial score (nSPS) is 12.4. The highest BCUT2D eigenvalue weighted by Gasteiger charge is 2.26. The van der Waals surface area contributed by atoms with Crippen LogP contribution in [0.15, 0.2) is 24.3 Å². The number of carbonyl (C=O) groups is 3. The molecule has 9 nitrogen and oxygen atoms in total. The average molecular weight is 400 g/mol. The number of phenolic OH excluding ortho intramolecular Hbond substituents is 1. The smallest absolute Gasteiger partial charge is 0.359 e. The third-order valence-electron chi connectivity index (χ3n) is 3.16. The molecule has 0 radical (unpaired) electrons. The Hall–Kier alpha value is -2.65. The maximum Gasteiger partial charge on any atom is 0.359 e. The second kappa shape index (κ2) is 10.6. The molecule has 0 saturated carbocycles. The number of ether oxygens (including phenoxy) is 1. The van der Waals surface area contributed by atoms with Crippen LogP contribution in [-0.4, -0.2) is 104 Å². The van der Waals surface area contributed by atoms with Crippen molar-refractivity contribution in [3.8, 4) is 5.75 Å². The van der Waals surface area contributed by atoms with Crippen molar-refractivity contribution >= 4 is 17.9 Å². The van der Waals surface area contributed by atoms with Crippen LogP contribution in [0.5, 0.6) is 5.75 Å². The lowest BCUT2D eigenvalue weighted by Gasteiger charge is -2.28. The zero-order valence-corrected chi connectivity index (χ0v) is 17.4. The molecule has 1 aromatic rings. The highest BCUT2D eigenvalue weighted by atomic mass is 16.5. The molecule has 0 aromatic heterocycles. The Bertz CT molecular complexity index is 676. The number of esters is 1. The lowest BCUT2D eigenvalue weighted by Crippen LogP contribution is -2.43. The Balaban J connectivity index is 0.000000769. The van der Waals surface area contributed by atoms with Crippen LogP contribution in [0, 0.1) is 0 Å². The number of carboxylic acids is 2. The fraction of sp³-hybridized carbons (Fsp3) is 0.526. The minimum atomic E-state index is -1.03. The molecular weight excluding hydrogens is 368 g/mol. The zero-order chi connectivity index (χ0) is 22.1. The number of quaternary nitrogens is 2. The summed E-state index contributed by atoms with van der Waals surface area (Å²) in [5.41, 5.74) is 0.0318. The lowest BCUT2D eigenvalue weighted by molar-refractivity contribution is -0.873. The van der Waals surface area contributed by atoms with Crippen molar-refractivity contribution in [1.82, 2.24) is 0 Å². The largest absolute Gasteiger partial charge is 0.507 e. The van der Waals surface area contributed by atoms with Gasteiger partial charge in [0.2, 0.25) is 0 Å². The van der Waals surface area contributed by atoms with Crippen LogP contribution in [0.25, 0.3) is 0 Å². The number of rotatable bonds is 8. The number of carbonyl (C=O) groups excluding carboxylic acids is 1. The van der Waals surface area contributed by atoms with Crippen LogP contribution in [0.1, 0.15) is 16.8 Å². The maximum absolute atomic E-state index is 12.0. The van der Waals surface area contributed by atoms with E-state index in [9.17, 15) is 19.5 Å². The highest BCUT2D eigenvalue weighted by Crippen LogP contribution is 2.18. The number of hydrogen-bond donors (Lipinski definition) is 3. The van der Waals surface area contributed by atoms with E-state index in [4.69, 9.17) is 14.9 Å². The van der Waals surface area contributed by atoms with E-state index in [-0.39, 0.29) is 24.3 Å². The molecule has 9 heteroatoms. The number of aliphatic carboxylic acids is 2. The molecule has 0 bridgehead atoms.